The number of nitrogens with one attached hydrogen (secondary N) is 1. The van der Waals surface area contributed by atoms with E-state index in [0.29, 0.717) is 11.1 Å². The highest BCUT2D eigenvalue weighted by Gasteiger charge is 2.15. The third-order valence-corrected chi connectivity index (χ3v) is 4.88. The summed E-state index contributed by atoms with van der Waals surface area (Å²) in [5.41, 5.74) is 1.04. The Morgan fingerprint density at radius 1 is 1.05 bits per heavy atom. The Hall–Kier alpha value is -0.540. The predicted molar refractivity (Wildman–Crippen MR) is 85.5 cm³/mol. The Morgan fingerprint density at radius 2 is 1.79 bits per heavy atom. The molecule has 0 saturated carbocycles. The summed E-state index contributed by atoms with van der Waals surface area (Å²) in [6, 6.07) is 10.4. The van der Waals surface area contributed by atoms with E-state index in [2.05, 4.69) is 38.2 Å². The van der Waals surface area contributed by atoms with Gasteiger partial charge in [0.25, 0.3) is 0 Å². The van der Waals surface area contributed by atoms with Crippen LogP contribution in [0.3, 0.4) is 0 Å². The molecule has 1 heterocycles. The molecule has 0 aliphatic rings. The summed E-state index contributed by atoms with van der Waals surface area (Å²) in [4.78, 5) is 2.67. The van der Waals surface area contributed by atoms with Crippen LogP contribution in [0.15, 0.2) is 30.3 Å². The zero-order valence-corrected chi connectivity index (χ0v) is 13.5. The molecule has 0 amide bonds. The first kappa shape index (κ1) is 14.9. The van der Waals surface area contributed by atoms with Gasteiger partial charge in [-0.3, -0.25) is 0 Å². The predicted octanol–water partition coefficient (Wildman–Crippen LogP) is 5.78. The summed E-state index contributed by atoms with van der Waals surface area (Å²) in [5.74, 6) is 0. The van der Waals surface area contributed by atoms with Crippen LogP contribution >= 0.6 is 34.5 Å². The summed E-state index contributed by atoms with van der Waals surface area (Å²) in [6.45, 7) is 6.40. The minimum atomic E-state index is 0.156. The van der Waals surface area contributed by atoms with Crippen LogP contribution in [0.5, 0.6) is 0 Å². The molecule has 0 aliphatic heterocycles. The number of halogens is 2. The van der Waals surface area contributed by atoms with Gasteiger partial charge in [-0.25, -0.2) is 0 Å². The van der Waals surface area contributed by atoms with Crippen LogP contribution in [-0.2, 0) is 0 Å². The van der Waals surface area contributed by atoms with E-state index in [-0.39, 0.29) is 6.04 Å². The molecule has 2 rings (SSSR count). The highest BCUT2D eigenvalue weighted by Crippen LogP contribution is 2.29. The second-order valence-corrected chi connectivity index (χ2v) is 6.89. The van der Waals surface area contributed by atoms with Crippen molar-refractivity contribution in [2.24, 2.45) is 0 Å². The van der Waals surface area contributed by atoms with Gasteiger partial charge in [0.15, 0.2) is 0 Å². The molecule has 4 heteroatoms. The first-order valence-electron chi connectivity index (χ1n) is 6.24. The third kappa shape index (κ3) is 3.73. The van der Waals surface area contributed by atoms with E-state index in [4.69, 9.17) is 23.2 Å². The fourth-order valence-corrected chi connectivity index (χ4v) is 3.43. The van der Waals surface area contributed by atoms with Crippen molar-refractivity contribution in [1.29, 1.82) is 0 Å². The number of aryl methyl sites for hydroxylation is 1. The lowest BCUT2D eigenvalue weighted by atomic mass is 10.1. The van der Waals surface area contributed by atoms with Crippen molar-refractivity contribution in [3.05, 3.63) is 55.7 Å². The van der Waals surface area contributed by atoms with Crippen molar-refractivity contribution >= 4 is 34.5 Å². The van der Waals surface area contributed by atoms with Crippen molar-refractivity contribution in [3.63, 3.8) is 0 Å². The molecule has 2 unspecified atom stereocenters. The zero-order chi connectivity index (χ0) is 14.0. The molecule has 0 saturated heterocycles. The highest BCUT2D eigenvalue weighted by molar-refractivity contribution is 7.12. The Bertz CT molecular complexity index is 565. The number of benzene rings is 1. The van der Waals surface area contributed by atoms with Crippen molar-refractivity contribution in [2.45, 2.75) is 32.9 Å². The van der Waals surface area contributed by atoms with Crippen molar-refractivity contribution in [1.82, 2.24) is 5.32 Å². The second-order valence-electron chi connectivity index (χ2n) is 4.72. The van der Waals surface area contributed by atoms with Gasteiger partial charge < -0.3 is 5.32 Å². The topological polar surface area (TPSA) is 12.0 Å². The number of hydrogen-bond acceptors (Lipinski definition) is 2. The number of rotatable bonds is 4. The van der Waals surface area contributed by atoms with Gasteiger partial charge in [-0.1, -0.05) is 23.2 Å². The molecule has 19 heavy (non-hydrogen) atoms. The normalized spacial score (nSPS) is 14.4. The Balaban J connectivity index is 2.12. The molecule has 1 nitrogen and oxygen atoms in total. The maximum Gasteiger partial charge on any atom is 0.0454 e. The van der Waals surface area contributed by atoms with E-state index in [0.717, 1.165) is 10.6 Å². The van der Waals surface area contributed by atoms with E-state index in [1.54, 1.807) is 0 Å². The quantitative estimate of drug-likeness (QED) is 0.755. The molecule has 1 aromatic carbocycles. The van der Waals surface area contributed by atoms with E-state index < -0.39 is 0 Å². The van der Waals surface area contributed by atoms with E-state index in [1.807, 2.05) is 29.5 Å². The van der Waals surface area contributed by atoms with Gasteiger partial charge in [0, 0.05) is 31.9 Å². The summed E-state index contributed by atoms with van der Waals surface area (Å²) < 4.78 is 0. The molecule has 1 N–H and O–H groups in total. The van der Waals surface area contributed by atoms with Crippen molar-refractivity contribution in [3.8, 4) is 0 Å². The van der Waals surface area contributed by atoms with Crippen LogP contribution in [0.4, 0.5) is 0 Å². The summed E-state index contributed by atoms with van der Waals surface area (Å²) >= 11 is 14.1. The third-order valence-electron chi connectivity index (χ3n) is 3.11. The smallest absolute Gasteiger partial charge is 0.0454 e. The largest absolute Gasteiger partial charge is 0.303 e. The van der Waals surface area contributed by atoms with Gasteiger partial charge in [0.2, 0.25) is 0 Å². The molecular formula is C15H17Cl2NS. The average Bonchev–Trinajstić information content (AvgIpc) is 2.79. The van der Waals surface area contributed by atoms with Gasteiger partial charge >= 0.3 is 0 Å². The van der Waals surface area contributed by atoms with Crippen molar-refractivity contribution < 1.29 is 0 Å². The maximum absolute atomic E-state index is 6.23. The lowest BCUT2D eigenvalue weighted by Crippen LogP contribution is -2.22. The van der Waals surface area contributed by atoms with E-state index in [9.17, 15) is 0 Å². The van der Waals surface area contributed by atoms with Gasteiger partial charge in [0.1, 0.15) is 0 Å². The second kappa shape index (κ2) is 6.27. The van der Waals surface area contributed by atoms with Crippen LogP contribution in [0.25, 0.3) is 0 Å². The first-order chi connectivity index (χ1) is 8.97. The Labute approximate surface area is 128 Å². The van der Waals surface area contributed by atoms with Crippen LogP contribution in [0.1, 0.15) is 41.2 Å². The Kier molecular flexibility index (Phi) is 4.91. The first-order valence-corrected chi connectivity index (χ1v) is 7.82. The molecule has 2 atom stereocenters. The summed E-state index contributed by atoms with van der Waals surface area (Å²) in [5, 5.41) is 5.03. The molecule has 1 aromatic heterocycles. The van der Waals surface area contributed by atoms with Gasteiger partial charge in [-0.15, -0.1) is 11.3 Å². The summed E-state index contributed by atoms with van der Waals surface area (Å²) in [7, 11) is 0. The van der Waals surface area contributed by atoms with Crippen LogP contribution in [0, 0.1) is 6.92 Å². The minimum Gasteiger partial charge on any atom is -0.303 e. The van der Waals surface area contributed by atoms with Crippen molar-refractivity contribution in [2.75, 3.05) is 0 Å². The van der Waals surface area contributed by atoms with Gasteiger partial charge in [-0.05, 0) is 56.7 Å². The molecule has 2 aromatic rings. The fraction of sp³-hybridized carbons (Fsp3) is 0.333. The maximum atomic E-state index is 6.23. The van der Waals surface area contributed by atoms with Crippen LogP contribution < -0.4 is 5.32 Å². The molecule has 0 bridgehead atoms. The molecule has 0 radical (unpaired) electrons. The Morgan fingerprint density at radius 3 is 2.42 bits per heavy atom. The average molecular weight is 314 g/mol. The van der Waals surface area contributed by atoms with Crippen LogP contribution in [-0.4, -0.2) is 0 Å². The molecule has 0 aliphatic carbocycles. The monoisotopic (exact) mass is 313 g/mol. The molecule has 0 spiro atoms. The van der Waals surface area contributed by atoms with Gasteiger partial charge in [-0.2, -0.15) is 0 Å². The summed E-state index contributed by atoms with van der Waals surface area (Å²) in [6.07, 6.45) is 0. The van der Waals surface area contributed by atoms with E-state index in [1.165, 1.54) is 9.75 Å². The standard InChI is InChI=1S/C15H17Cl2NS/c1-9-4-7-15(19-9)11(3)18-10(2)13-8-12(16)5-6-14(13)17/h4-8,10-11,18H,1-3H3. The minimum absolute atomic E-state index is 0.156. The fourth-order valence-electron chi connectivity index (χ4n) is 2.08. The highest BCUT2D eigenvalue weighted by atomic mass is 35.5. The molecule has 102 valence electrons. The number of thiophene rings is 1. The zero-order valence-electron chi connectivity index (χ0n) is 11.2. The molecule has 0 fully saturated rings. The lowest BCUT2D eigenvalue weighted by Gasteiger charge is -2.20. The molecular weight excluding hydrogens is 297 g/mol. The van der Waals surface area contributed by atoms with Gasteiger partial charge in [0.05, 0.1) is 0 Å². The number of hydrogen-bond donors (Lipinski definition) is 1. The van der Waals surface area contributed by atoms with Crippen LogP contribution in [0.2, 0.25) is 10.0 Å². The SMILES string of the molecule is Cc1ccc(C(C)NC(C)c2cc(Cl)ccc2Cl)s1. The lowest BCUT2D eigenvalue weighted by molar-refractivity contribution is 0.500. The van der Waals surface area contributed by atoms with E-state index >= 15 is 0 Å².